The molecule has 1 spiro atoms. The fourth-order valence-electron chi connectivity index (χ4n) is 6.88. The fourth-order valence-corrected chi connectivity index (χ4v) is 6.88. The molecule has 0 aromatic heterocycles. The molecule has 0 amide bonds. The standard InChI is InChI=1S/C37H25N.CH4O/c1-3-14-26(15-4-1)28-19-13-20-30-29-18-7-8-21-31(29)37(36(28)30)32-22-9-11-24-34(32)38(27-16-5-2-6-17-27)35-25-12-10-23-33(35)37;1-2/h1-25H;2H,1H3. The summed E-state index contributed by atoms with van der Waals surface area (Å²) >= 11 is 0. The van der Waals surface area contributed by atoms with Crippen molar-refractivity contribution in [3.8, 4) is 22.3 Å². The zero-order valence-electron chi connectivity index (χ0n) is 22.3. The smallest absolute Gasteiger partial charge is 0.0760 e. The number of benzene rings is 6. The van der Waals surface area contributed by atoms with Gasteiger partial charge in [-0.15, -0.1) is 0 Å². The first-order chi connectivity index (χ1) is 19.9. The molecule has 1 N–H and O–H groups in total. The third-order valence-corrected chi connectivity index (χ3v) is 8.26. The number of nitrogens with zero attached hydrogens (tertiary/aromatic N) is 1. The average molecular weight is 516 g/mol. The molecule has 8 rings (SSSR count). The van der Waals surface area contributed by atoms with Gasteiger partial charge in [0, 0.05) is 12.8 Å². The Morgan fingerprint density at radius 2 is 0.900 bits per heavy atom. The van der Waals surface area contributed by atoms with Crippen molar-refractivity contribution in [1.82, 2.24) is 0 Å². The summed E-state index contributed by atoms with van der Waals surface area (Å²) in [5, 5.41) is 7.00. The van der Waals surface area contributed by atoms with Crippen LogP contribution in [0, 0.1) is 0 Å². The Balaban J connectivity index is 0.00000130. The van der Waals surface area contributed by atoms with Crippen LogP contribution in [0.3, 0.4) is 0 Å². The Bertz CT molecular complexity index is 1780. The second-order valence-electron chi connectivity index (χ2n) is 10.1. The molecule has 40 heavy (non-hydrogen) atoms. The number of rotatable bonds is 2. The molecule has 0 radical (unpaired) electrons. The predicted octanol–water partition coefficient (Wildman–Crippen LogP) is 9.11. The van der Waals surface area contributed by atoms with Crippen LogP contribution in [0.2, 0.25) is 0 Å². The van der Waals surface area contributed by atoms with E-state index in [0.29, 0.717) is 0 Å². The summed E-state index contributed by atoms with van der Waals surface area (Å²) in [6, 6.07) is 55.4. The molecule has 0 unspecified atom stereocenters. The van der Waals surface area contributed by atoms with Gasteiger partial charge in [-0.3, -0.25) is 0 Å². The van der Waals surface area contributed by atoms with Crippen LogP contribution >= 0.6 is 0 Å². The monoisotopic (exact) mass is 515 g/mol. The molecule has 192 valence electrons. The lowest BCUT2D eigenvalue weighted by Gasteiger charge is -2.45. The molecule has 6 aromatic carbocycles. The van der Waals surface area contributed by atoms with E-state index in [2.05, 4.69) is 157 Å². The summed E-state index contributed by atoms with van der Waals surface area (Å²) in [7, 11) is 1.00. The van der Waals surface area contributed by atoms with Gasteiger partial charge in [0.05, 0.1) is 16.8 Å². The molecule has 1 aliphatic heterocycles. The largest absolute Gasteiger partial charge is 0.400 e. The summed E-state index contributed by atoms with van der Waals surface area (Å²) < 4.78 is 0. The zero-order chi connectivity index (χ0) is 27.1. The highest BCUT2D eigenvalue weighted by molar-refractivity contribution is 5.98. The van der Waals surface area contributed by atoms with Crippen LogP contribution in [-0.4, -0.2) is 12.2 Å². The number of hydrogen-bond donors (Lipinski definition) is 1. The van der Waals surface area contributed by atoms with E-state index in [4.69, 9.17) is 5.11 Å². The third-order valence-electron chi connectivity index (χ3n) is 8.26. The van der Waals surface area contributed by atoms with Crippen LogP contribution < -0.4 is 4.90 Å². The molecule has 2 heteroatoms. The van der Waals surface area contributed by atoms with Crippen molar-refractivity contribution in [3.05, 3.63) is 174 Å². The zero-order valence-corrected chi connectivity index (χ0v) is 22.3. The van der Waals surface area contributed by atoms with E-state index in [-0.39, 0.29) is 0 Å². The van der Waals surface area contributed by atoms with Crippen molar-refractivity contribution in [2.75, 3.05) is 12.0 Å². The van der Waals surface area contributed by atoms with Crippen molar-refractivity contribution in [2.45, 2.75) is 5.41 Å². The van der Waals surface area contributed by atoms with E-state index < -0.39 is 5.41 Å². The lowest BCUT2D eigenvalue weighted by atomic mass is 9.63. The molecule has 6 aromatic rings. The SMILES string of the molecule is CO.c1ccc(-c2cccc3c2C2(c4ccccc4-3)c3ccccc3N(c3ccccc3)c3ccccc32)cc1. The third kappa shape index (κ3) is 3.27. The molecule has 0 fully saturated rings. The van der Waals surface area contributed by atoms with Gasteiger partial charge in [-0.2, -0.15) is 0 Å². The number of aliphatic hydroxyl groups is 1. The first kappa shape index (κ1) is 24.1. The summed E-state index contributed by atoms with van der Waals surface area (Å²) in [5.74, 6) is 0. The quantitative estimate of drug-likeness (QED) is 0.248. The lowest BCUT2D eigenvalue weighted by Crippen LogP contribution is -2.36. The minimum atomic E-state index is -0.434. The summed E-state index contributed by atoms with van der Waals surface area (Å²) in [6.45, 7) is 0. The van der Waals surface area contributed by atoms with Crippen molar-refractivity contribution >= 4 is 17.1 Å². The van der Waals surface area contributed by atoms with Gasteiger partial charge in [0.25, 0.3) is 0 Å². The van der Waals surface area contributed by atoms with Gasteiger partial charge in [0.1, 0.15) is 0 Å². The van der Waals surface area contributed by atoms with Gasteiger partial charge >= 0.3 is 0 Å². The molecule has 0 saturated heterocycles. The minimum Gasteiger partial charge on any atom is -0.400 e. The number of fused-ring (bicyclic) bond motifs is 9. The Morgan fingerprint density at radius 1 is 0.425 bits per heavy atom. The van der Waals surface area contributed by atoms with Crippen LogP contribution in [0.15, 0.2) is 152 Å². The van der Waals surface area contributed by atoms with Crippen molar-refractivity contribution in [3.63, 3.8) is 0 Å². The highest BCUT2D eigenvalue weighted by Crippen LogP contribution is 2.64. The molecule has 2 aliphatic rings. The molecular weight excluding hydrogens is 486 g/mol. The Kier molecular flexibility index (Phi) is 5.84. The lowest BCUT2D eigenvalue weighted by molar-refractivity contribution is 0.399. The number of anilines is 3. The molecular formula is C38H29NO. The molecule has 1 aliphatic carbocycles. The topological polar surface area (TPSA) is 23.5 Å². The predicted molar refractivity (Wildman–Crippen MR) is 166 cm³/mol. The van der Waals surface area contributed by atoms with E-state index in [9.17, 15) is 0 Å². The first-order valence-electron chi connectivity index (χ1n) is 13.7. The van der Waals surface area contributed by atoms with Crippen molar-refractivity contribution in [1.29, 1.82) is 0 Å². The van der Waals surface area contributed by atoms with Crippen LogP contribution in [0.5, 0.6) is 0 Å². The molecule has 2 nitrogen and oxygen atoms in total. The van der Waals surface area contributed by atoms with E-state index in [1.165, 1.54) is 61.6 Å². The molecule has 1 heterocycles. The Labute approximate surface area is 235 Å². The fraction of sp³-hybridized carbons (Fsp3) is 0.0526. The van der Waals surface area contributed by atoms with Gasteiger partial charge in [0.15, 0.2) is 0 Å². The summed E-state index contributed by atoms with van der Waals surface area (Å²) in [6.07, 6.45) is 0. The molecule has 0 atom stereocenters. The van der Waals surface area contributed by atoms with Crippen LogP contribution in [-0.2, 0) is 5.41 Å². The van der Waals surface area contributed by atoms with Crippen LogP contribution in [0.25, 0.3) is 22.3 Å². The Morgan fingerprint density at radius 3 is 1.55 bits per heavy atom. The average Bonchev–Trinajstić information content (AvgIpc) is 3.34. The molecule has 0 saturated carbocycles. The van der Waals surface area contributed by atoms with Gasteiger partial charge in [-0.1, -0.05) is 127 Å². The maximum atomic E-state index is 7.00. The van der Waals surface area contributed by atoms with Gasteiger partial charge in [0.2, 0.25) is 0 Å². The second kappa shape index (κ2) is 9.68. The number of hydrogen-bond acceptors (Lipinski definition) is 2. The van der Waals surface area contributed by atoms with E-state index in [1.807, 2.05) is 0 Å². The minimum absolute atomic E-state index is 0.434. The van der Waals surface area contributed by atoms with E-state index >= 15 is 0 Å². The maximum absolute atomic E-state index is 7.00. The van der Waals surface area contributed by atoms with Crippen molar-refractivity contribution < 1.29 is 5.11 Å². The highest BCUT2D eigenvalue weighted by atomic mass is 16.2. The van der Waals surface area contributed by atoms with Crippen molar-refractivity contribution in [2.24, 2.45) is 0 Å². The normalized spacial score (nSPS) is 13.4. The first-order valence-corrected chi connectivity index (χ1v) is 13.7. The summed E-state index contributed by atoms with van der Waals surface area (Å²) in [4.78, 5) is 2.43. The maximum Gasteiger partial charge on any atom is 0.0760 e. The second-order valence-corrected chi connectivity index (χ2v) is 10.1. The summed E-state index contributed by atoms with van der Waals surface area (Å²) in [5.41, 5.74) is 13.7. The van der Waals surface area contributed by atoms with Crippen LogP contribution in [0.4, 0.5) is 17.1 Å². The highest BCUT2D eigenvalue weighted by Gasteiger charge is 2.52. The van der Waals surface area contributed by atoms with Crippen LogP contribution in [0.1, 0.15) is 22.3 Å². The Hall–Kier alpha value is -4.92. The number of aliphatic hydroxyl groups excluding tert-OH is 1. The van der Waals surface area contributed by atoms with Gasteiger partial charge in [-0.05, 0) is 68.8 Å². The number of para-hydroxylation sites is 3. The van der Waals surface area contributed by atoms with Gasteiger partial charge in [-0.25, -0.2) is 0 Å². The molecule has 0 bridgehead atoms. The van der Waals surface area contributed by atoms with Gasteiger partial charge < -0.3 is 10.0 Å². The van der Waals surface area contributed by atoms with E-state index in [1.54, 1.807) is 0 Å². The van der Waals surface area contributed by atoms with E-state index in [0.717, 1.165) is 7.11 Å².